The second kappa shape index (κ2) is 4.36. The summed E-state index contributed by atoms with van der Waals surface area (Å²) in [6, 6.07) is 7.47. The summed E-state index contributed by atoms with van der Waals surface area (Å²) < 4.78 is 6.39. The molecule has 108 valence electrons. The summed E-state index contributed by atoms with van der Waals surface area (Å²) in [6.07, 6.45) is 4.78. The van der Waals surface area contributed by atoms with Gasteiger partial charge in [-0.2, -0.15) is 0 Å². The maximum atomic E-state index is 9.48. The van der Waals surface area contributed by atoms with Gasteiger partial charge in [0, 0.05) is 5.92 Å². The second-order valence-corrected chi connectivity index (χ2v) is 7.18. The first kappa shape index (κ1) is 13.7. The zero-order chi connectivity index (χ0) is 14.5. The average molecular weight is 272 g/mol. The van der Waals surface area contributed by atoms with E-state index in [-0.39, 0.29) is 16.9 Å². The van der Waals surface area contributed by atoms with Crippen LogP contribution < -0.4 is 0 Å². The molecular weight excluding hydrogens is 248 g/mol. The molecule has 2 fully saturated rings. The predicted octanol–water partition coefficient (Wildman–Crippen LogP) is 4.46. The summed E-state index contributed by atoms with van der Waals surface area (Å²) in [5, 5.41) is 9.48. The highest BCUT2D eigenvalue weighted by atomic mass is 16.5. The summed E-state index contributed by atoms with van der Waals surface area (Å²) in [4.78, 5) is 0. The van der Waals surface area contributed by atoms with Crippen molar-refractivity contribution in [1.29, 1.82) is 0 Å². The van der Waals surface area contributed by atoms with Crippen molar-refractivity contribution in [3.05, 3.63) is 42.5 Å². The van der Waals surface area contributed by atoms with Crippen molar-refractivity contribution in [2.45, 2.75) is 45.8 Å². The molecule has 3 rings (SSSR count). The van der Waals surface area contributed by atoms with Gasteiger partial charge in [-0.25, -0.2) is 0 Å². The molecular formula is C18H24O2. The summed E-state index contributed by atoms with van der Waals surface area (Å²) in [7, 11) is 0. The van der Waals surface area contributed by atoms with Crippen LogP contribution in [0.5, 0.6) is 5.75 Å². The molecule has 1 aromatic rings. The van der Waals surface area contributed by atoms with Gasteiger partial charge in [-0.05, 0) is 41.4 Å². The van der Waals surface area contributed by atoms with Crippen LogP contribution in [0, 0.1) is 16.7 Å². The van der Waals surface area contributed by atoms with Crippen LogP contribution in [-0.2, 0) is 4.74 Å². The summed E-state index contributed by atoms with van der Waals surface area (Å²) in [5.41, 5.74) is 1.43. The maximum Gasteiger partial charge on any atom is 0.115 e. The lowest BCUT2D eigenvalue weighted by atomic mass is 9.55. The van der Waals surface area contributed by atoms with Crippen LogP contribution in [0.4, 0.5) is 0 Å². The van der Waals surface area contributed by atoms with E-state index in [1.807, 2.05) is 12.1 Å². The number of rotatable bonds is 2. The molecule has 0 amide bonds. The Morgan fingerprint density at radius 1 is 1.25 bits per heavy atom. The zero-order valence-electron chi connectivity index (χ0n) is 12.6. The topological polar surface area (TPSA) is 29.5 Å². The quantitative estimate of drug-likeness (QED) is 0.805. The van der Waals surface area contributed by atoms with Crippen molar-refractivity contribution in [2.75, 3.05) is 0 Å². The smallest absolute Gasteiger partial charge is 0.115 e. The molecule has 1 aliphatic heterocycles. The molecule has 2 bridgehead atoms. The SMILES string of the molecule is C=CC1(C)CCC2OC(c3ccc(O)cc3)C1C2(C)C. The Labute approximate surface area is 121 Å². The van der Waals surface area contributed by atoms with E-state index >= 15 is 0 Å². The molecule has 0 spiro atoms. The standard InChI is InChI=1S/C18H24O2/c1-5-18(4)11-10-14-17(2,3)16(18)15(20-14)12-6-8-13(19)9-7-12/h5-9,14-16,19H,1,10-11H2,2-4H3. The lowest BCUT2D eigenvalue weighted by Crippen LogP contribution is -2.44. The molecule has 1 N–H and O–H groups in total. The number of benzene rings is 1. The number of hydrogen-bond donors (Lipinski definition) is 1. The summed E-state index contributed by atoms with van der Waals surface area (Å²) in [6.45, 7) is 11.0. The fourth-order valence-corrected chi connectivity index (χ4v) is 4.42. The molecule has 1 saturated carbocycles. The molecule has 1 saturated heterocycles. The lowest BCUT2D eigenvalue weighted by Gasteiger charge is -2.47. The Balaban J connectivity index is 2.04. The van der Waals surface area contributed by atoms with Gasteiger partial charge in [0.25, 0.3) is 0 Å². The van der Waals surface area contributed by atoms with E-state index in [1.54, 1.807) is 12.1 Å². The van der Waals surface area contributed by atoms with Crippen LogP contribution in [-0.4, -0.2) is 11.2 Å². The monoisotopic (exact) mass is 272 g/mol. The van der Waals surface area contributed by atoms with Crippen molar-refractivity contribution in [2.24, 2.45) is 16.7 Å². The highest BCUT2D eigenvalue weighted by molar-refractivity contribution is 5.30. The minimum atomic E-state index is 0.0982. The molecule has 0 aromatic heterocycles. The predicted molar refractivity (Wildman–Crippen MR) is 80.5 cm³/mol. The average Bonchev–Trinajstić information content (AvgIpc) is 2.57. The number of aromatic hydroxyl groups is 1. The van der Waals surface area contributed by atoms with E-state index in [9.17, 15) is 5.11 Å². The van der Waals surface area contributed by atoms with Crippen LogP contribution in [0.1, 0.15) is 45.3 Å². The third-order valence-electron chi connectivity index (χ3n) is 5.59. The maximum absolute atomic E-state index is 9.48. The number of phenolic OH excluding ortho intramolecular Hbond substituents is 1. The summed E-state index contributed by atoms with van der Waals surface area (Å²) in [5.74, 6) is 0.733. The van der Waals surface area contributed by atoms with Crippen molar-refractivity contribution in [1.82, 2.24) is 0 Å². The number of fused-ring (bicyclic) bond motifs is 2. The van der Waals surface area contributed by atoms with Gasteiger partial charge < -0.3 is 9.84 Å². The first-order valence-electron chi connectivity index (χ1n) is 7.46. The number of ether oxygens (including phenoxy) is 1. The van der Waals surface area contributed by atoms with Gasteiger partial charge in [-0.1, -0.05) is 39.0 Å². The number of allylic oxidation sites excluding steroid dienone is 1. The van der Waals surface area contributed by atoms with Crippen molar-refractivity contribution in [3.8, 4) is 5.75 Å². The van der Waals surface area contributed by atoms with E-state index in [0.29, 0.717) is 17.8 Å². The lowest BCUT2D eigenvalue weighted by molar-refractivity contribution is 0.00924. The van der Waals surface area contributed by atoms with Gasteiger partial charge in [0.15, 0.2) is 0 Å². The Kier molecular flexibility index (Phi) is 2.98. The van der Waals surface area contributed by atoms with Crippen LogP contribution in [0.2, 0.25) is 0 Å². The Bertz CT molecular complexity index is 517. The van der Waals surface area contributed by atoms with Gasteiger partial charge in [-0.3, -0.25) is 0 Å². The minimum absolute atomic E-state index is 0.0982. The third kappa shape index (κ3) is 1.81. The van der Waals surface area contributed by atoms with Crippen LogP contribution in [0.3, 0.4) is 0 Å². The second-order valence-electron chi connectivity index (χ2n) is 7.18. The molecule has 2 nitrogen and oxygen atoms in total. The largest absolute Gasteiger partial charge is 0.508 e. The van der Waals surface area contributed by atoms with Gasteiger partial charge in [0.2, 0.25) is 0 Å². The highest BCUT2D eigenvalue weighted by Crippen LogP contribution is 2.63. The molecule has 4 atom stereocenters. The normalized spacial score (nSPS) is 38.6. The molecule has 0 radical (unpaired) electrons. The third-order valence-corrected chi connectivity index (χ3v) is 5.59. The Hall–Kier alpha value is -1.28. The van der Waals surface area contributed by atoms with Crippen LogP contribution in [0.25, 0.3) is 0 Å². The molecule has 2 aliphatic rings. The van der Waals surface area contributed by atoms with E-state index in [4.69, 9.17) is 4.74 Å². The van der Waals surface area contributed by atoms with E-state index in [2.05, 4.69) is 33.4 Å². The minimum Gasteiger partial charge on any atom is -0.508 e. The fourth-order valence-electron chi connectivity index (χ4n) is 4.42. The fraction of sp³-hybridized carbons (Fsp3) is 0.556. The molecule has 1 heterocycles. The molecule has 1 aliphatic carbocycles. The summed E-state index contributed by atoms with van der Waals surface area (Å²) >= 11 is 0. The van der Waals surface area contributed by atoms with Crippen molar-refractivity contribution < 1.29 is 9.84 Å². The Morgan fingerprint density at radius 2 is 1.90 bits per heavy atom. The molecule has 1 aromatic carbocycles. The van der Waals surface area contributed by atoms with E-state index in [0.717, 1.165) is 12.8 Å². The number of phenols is 1. The van der Waals surface area contributed by atoms with Gasteiger partial charge in [-0.15, -0.1) is 6.58 Å². The first-order chi connectivity index (χ1) is 9.38. The molecule has 4 unspecified atom stereocenters. The molecule has 2 heteroatoms. The highest BCUT2D eigenvalue weighted by Gasteiger charge is 2.59. The number of hydrogen-bond acceptors (Lipinski definition) is 2. The van der Waals surface area contributed by atoms with Gasteiger partial charge >= 0.3 is 0 Å². The van der Waals surface area contributed by atoms with E-state index in [1.165, 1.54) is 5.56 Å². The Morgan fingerprint density at radius 3 is 2.50 bits per heavy atom. The van der Waals surface area contributed by atoms with Crippen LogP contribution in [0.15, 0.2) is 36.9 Å². The van der Waals surface area contributed by atoms with Gasteiger partial charge in [0.05, 0.1) is 12.2 Å². The van der Waals surface area contributed by atoms with E-state index < -0.39 is 0 Å². The first-order valence-corrected chi connectivity index (χ1v) is 7.46. The van der Waals surface area contributed by atoms with Crippen LogP contribution >= 0.6 is 0 Å². The van der Waals surface area contributed by atoms with Crippen molar-refractivity contribution >= 4 is 0 Å². The van der Waals surface area contributed by atoms with Gasteiger partial charge in [0.1, 0.15) is 5.75 Å². The zero-order valence-corrected chi connectivity index (χ0v) is 12.6. The molecule has 20 heavy (non-hydrogen) atoms. The van der Waals surface area contributed by atoms with Crippen molar-refractivity contribution in [3.63, 3.8) is 0 Å².